The van der Waals surface area contributed by atoms with Crippen molar-refractivity contribution in [3.63, 3.8) is 0 Å². The number of hydrogen-bond acceptors (Lipinski definition) is 2. The lowest BCUT2D eigenvalue weighted by Gasteiger charge is -2.26. The second kappa shape index (κ2) is 5.90. The molecule has 1 N–H and O–H groups in total. The predicted molar refractivity (Wildman–Crippen MR) is 78.3 cm³/mol. The summed E-state index contributed by atoms with van der Waals surface area (Å²) in [5.41, 5.74) is 2.84. The maximum Gasteiger partial charge on any atom is 0.255 e. The molecule has 0 saturated heterocycles. The molecule has 1 aliphatic heterocycles. The topological polar surface area (TPSA) is 49.4 Å². The Morgan fingerprint density at radius 1 is 1.55 bits per heavy atom. The molecule has 20 heavy (non-hydrogen) atoms. The fraction of sp³-hybridized carbons (Fsp3) is 0.375. The summed E-state index contributed by atoms with van der Waals surface area (Å²) in [7, 11) is 1.60. The molecule has 2 amide bonds. The van der Waals surface area contributed by atoms with Gasteiger partial charge in [-0.1, -0.05) is 23.8 Å². The smallest absolute Gasteiger partial charge is 0.255 e. The van der Waals surface area contributed by atoms with Crippen molar-refractivity contribution in [2.45, 2.75) is 32.4 Å². The molecule has 0 fully saturated rings. The van der Waals surface area contributed by atoms with E-state index in [9.17, 15) is 9.59 Å². The molecule has 0 bridgehead atoms. The predicted octanol–water partition coefficient (Wildman–Crippen LogP) is 2.03. The minimum atomic E-state index is -0.432. The van der Waals surface area contributed by atoms with Gasteiger partial charge in [-0.25, -0.2) is 0 Å². The maximum atomic E-state index is 12.5. The number of carbonyl (C=O) groups is 2. The number of nitrogens with zero attached hydrogens (tertiary/aromatic N) is 1. The van der Waals surface area contributed by atoms with E-state index in [2.05, 4.69) is 11.9 Å². The van der Waals surface area contributed by atoms with Crippen molar-refractivity contribution in [1.29, 1.82) is 0 Å². The van der Waals surface area contributed by atoms with Crippen LogP contribution in [0.2, 0.25) is 0 Å². The monoisotopic (exact) mass is 272 g/mol. The molecule has 1 aromatic carbocycles. The normalized spacial score (nSPS) is 14.9. The van der Waals surface area contributed by atoms with E-state index in [4.69, 9.17) is 0 Å². The summed E-state index contributed by atoms with van der Waals surface area (Å²) in [6.07, 6.45) is 3.08. The SMILES string of the molecule is C=CCCC(C(=O)NC)N1Cc2cc(C)ccc2C1=O. The van der Waals surface area contributed by atoms with Crippen molar-refractivity contribution in [2.75, 3.05) is 7.05 Å². The van der Waals surface area contributed by atoms with Crippen LogP contribution in [-0.2, 0) is 11.3 Å². The minimum Gasteiger partial charge on any atom is -0.357 e. The van der Waals surface area contributed by atoms with E-state index in [1.807, 2.05) is 25.1 Å². The minimum absolute atomic E-state index is 0.0577. The molecule has 1 unspecified atom stereocenters. The van der Waals surface area contributed by atoms with Crippen LogP contribution in [0.5, 0.6) is 0 Å². The van der Waals surface area contributed by atoms with Gasteiger partial charge < -0.3 is 10.2 Å². The lowest BCUT2D eigenvalue weighted by molar-refractivity contribution is -0.125. The maximum absolute atomic E-state index is 12.5. The number of likely N-dealkylation sites (N-methyl/N-ethyl adjacent to an activating group) is 1. The first-order valence-corrected chi connectivity index (χ1v) is 6.81. The zero-order chi connectivity index (χ0) is 14.7. The van der Waals surface area contributed by atoms with Gasteiger partial charge in [0, 0.05) is 19.2 Å². The Labute approximate surface area is 119 Å². The first kappa shape index (κ1) is 14.3. The Hall–Kier alpha value is -2.10. The van der Waals surface area contributed by atoms with Crippen LogP contribution in [0.25, 0.3) is 0 Å². The molecule has 0 aliphatic carbocycles. The summed E-state index contributed by atoms with van der Waals surface area (Å²) < 4.78 is 0. The zero-order valence-corrected chi connectivity index (χ0v) is 12.0. The average molecular weight is 272 g/mol. The van der Waals surface area contributed by atoms with Crippen LogP contribution < -0.4 is 5.32 Å². The van der Waals surface area contributed by atoms with Crippen molar-refractivity contribution in [2.24, 2.45) is 0 Å². The Bertz CT molecular complexity index is 551. The Balaban J connectivity index is 2.26. The number of nitrogens with one attached hydrogen (secondary N) is 1. The van der Waals surface area contributed by atoms with Gasteiger partial charge in [-0.05, 0) is 31.4 Å². The van der Waals surface area contributed by atoms with E-state index < -0.39 is 6.04 Å². The van der Waals surface area contributed by atoms with Crippen molar-refractivity contribution < 1.29 is 9.59 Å². The third kappa shape index (κ3) is 2.59. The van der Waals surface area contributed by atoms with Crippen molar-refractivity contribution in [1.82, 2.24) is 10.2 Å². The summed E-state index contributed by atoms with van der Waals surface area (Å²) >= 11 is 0. The van der Waals surface area contributed by atoms with Gasteiger partial charge in [-0.2, -0.15) is 0 Å². The van der Waals surface area contributed by atoms with Gasteiger partial charge in [0.15, 0.2) is 0 Å². The Morgan fingerprint density at radius 2 is 2.30 bits per heavy atom. The molecule has 0 spiro atoms. The molecule has 1 aromatic rings. The molecule has 4 nitrogen and oxygen atoms in total. The van der Waals surface area contributed by atoms with Crippen LogP contribution in [0.4, 0.5) is 0 Å². The third-order valence-corrected chi connectivity index (χ3v) is 3.66. The number of amides is 2. The lowest BCUT2D eigenvalue weighted by atomic mass is 10.1. The molecule has 106 valence electrons. The average Bonchev–Trinajstić information content (AvgIpc) is 2.75. The van der Waals surface area contributed by atoms with E-state index in [-0.39, 0.29) is 11.8 Å². The van der Waals surface area contributed by atoms with Crippen LogP contribution >= 0.6 is 0 Å². The van der Waals surface area contributed by atoms with Gasteiger partial charge in [-0.15, -0.1) is 6.58 Å². The van der Waals surface area contributed by atoms with Gasteiger partial charge in [0.2, 0.25) is 5.91 Å². The highest BCUT2D eigenvalue weighted by molar-refractivity contribution is 6.01. The van der Waals surface area contributed by atoms with Crippen LogP contribution in [0.15, 0.2) is 30.9 Å². The summed E-state index contributed by atoms with van der Waals surface area (Å²) in [5.74, 6) is -0.178. The third-order valence-electron chi connectivity index (χ3n) is 3.66. The summed E-state index contributed by atoms with van der Waals surface area (Å²) in [6.45, 7) is 6.19. The molecular weight excluding hydrogens is 252 g/mol. The van der Waals surface area contributed by atoms with E-state index in [1.165, 1.54) is 0 Å². The molecule has 1 heterocycles. The molecule has 1 atom stereocenters. The van der Waals surface area contributed by atoms with Gasteiger partial charge >= 0.3 is 0 Å². The van der Waals surface area contributed by atoms with Crippen molar-refractivity contribution in [3.05, 3.63) is 47.5 Å². The van der Waals surface area contributed by atoms with Crippen LogP contribution in [0.1, 0.15) is 34.3 Å². The van der Waals surface area contributed by atoms with Gasteiger partial charge in [0.25, 0.3) is 5.91 Å². The number of carbonyl (C=O) groups excluding carboxylic acids is 2. The highest BCUT2D eigenvalue weighted by Crippen LogP contribution is 2.27. The second-order valence-electron chi connectivity index (χ2n) is 5.09. The summed E-state index contributed by atoms with van der Waals surface area (Å²) in [5, 5.41) is 2.64. The molecule has 0 saturated carbocycles. The molecule has 4 heteroatoms. The van der Waals surface area contributed by atoms with Gasteiger partial charge in [-0.3, -0.25) is 9.59 Å². The Kier molecular flexibility index (Phi) is 4.23. The highest BCUT2D eigenvalue weighted by atomic mass is 16.2. The van der Waals surface area contributed by atoms with Crippen LogP contribution in [0.3, 0.4) is 0 Å². The van der Waals surface area contributed by atoms with Crippen LogP contribution in [-0.4, -0.2) is 29.8 Å². The first-order valence-electron chi connectivity index (χ1n) is 6.81. The zero-order valence-electron chi connectivity index (χ0n) is 12.0. The molecule has 0 radical (unpaired) electrons. The number of hydrogen-bond donors (Lipinski definition) is 1. The standard InChI is InChI=1S/C16H20N2O2/c1-4-5-6-14(15(19)17-3)18-10-12-9-11(2)7-8-13(12)16(18)20/h4,7-9,14H,1,5-6,10H2,2-3H3,(H,17,19). The fourth-order valence-electron chi connectivity index (χ4n) is 2.59. The number of benzene rings is 1. The largest absolute Gasteiger partial charge is 0.357 e. The van der Waals surface area contributed by atoms with E-state index in [0.717, 1.165) is 11.1 Å². The Morgan fingerprint density at radius 3 is 2.95 bits per heavy atom. The molecular formula is C16H20N2O2. The van der Waals surface area contributed by atoms with Crippen molar-refractivity contribution in [3.8, 4) is 0 Å². The summed E-state index contributed by atoms with van der Waals surface area (Å²) in [6, 6.07) is 5.36. The van der Waals surface area contributed by atoms with Crippen molar-refractivity contribution >= 4 is 11.8 Å². The number of fused-ring (bicyclic) bond motifs is 1. The molecule has 2 rings (SSSR count). The number of rotatable bonds is 5. The molecule has 1 aliphatic rings. The van der Waals surface area contributed by atoms with E-state index in [1.54, 1.807) is 18.0 Å². The van der Waals surface area contributed by atoms with Crippen LogP contribution in [0, 0.1) is 6.92 Å². The van der Waals surface area contributed by atoms with Gasteiger partial charge in [0.05, 0.1) is 0 Å². The molecule has 0 aromatic heterocycles. The van der Waals surface area contributed by atoms with Gasteiger partial charge in [0.1, 0.15) is 6.04 Å². The quantitative estimate of drug-likeness (QED) is 0.834. The van der Waals surface area contributed by atoms with E-state index in [0.29, 0.717) is 24.9 Å². The summed E-state index contributed by atoms with van der Waals surface area (Å²) in [4.78, 5) is 26.1. The lowest BCUT2D eigenvalue weighted by Crippen LogP contribution is -2.46. The number of allylic oxidation sites excluding steroid dienone is 1. The first-order chi connectivity index (χ1) is 9.58. The van der Waals surface area contributed by atoms with E-state index >= 15 is 0 Å². The second-order valence-corrected chi connectivity index (χ2v) is 5.09. The fourth-order valence-corrected chi connectivity index (χ4v) is 2.59. The number of aryl methyl sites for hydroxylation is 1. The highest BCUT2D eigenvalue weighted by Gasteiger charge is 2.35.